The van der Waals surface area contributed by atoms with Crippen molar-refractivity contribution < 1.29 is 17.9 Å². The fourth-order valence-electron chi connectivity index (χ4n) is 4.74. The minimum atomic E-state index is -3.30. The van der Waals surface area contributed by atoms with Crippen LogP contribution in [0.25, 0.3) is 11.1 Å². The van der Waals surface area contributed by atoms with E-state index in [0.717, 1.165) is 23.1 Å². The number of sulfone groups is 1. The molecule has 0 bridgehead atoms. The Bertz CT molecular complexity index is 1300. The molecule has 1 amide bonds. The third-order valence-electron chi connectivity index (χ3n) is 6.40. The van der Waals surface area contributed by atoms with Gasteiger partial charge in [-0.05, 0) is 67.5 Å². The van der Waals surface area contributed by atoms with Crippen molar-refractivity contribution in [3.8, 4) is 11.1 Å². The number of ether oxygens (including phenoxy) is 1. The summed E-state index contributed by atoms with van der Waals surface area (Å²) in [5.74, 6) is 0.337. The molecule has 0 radical (unpaired) electrons. The van der Waals surface area contributed by atoms with Crippen LogP contribution in [0.1, 0.15) is 50.2 Å². The molecule has 4 rings (SSSR count). The fourth-order valence-corrected chi connectivity index (χ4v) is 5.40. The molecule has 0 saturated carbocycles. The van der Waals surface area contributed by atoms with Crippen LogP contribution in [0.2, 0.25) is 0 Å². The summed E-state index contributed by atoms with van der Waals surface area (Å²) >= 11 is 0. The van der Waals surface area contributed by atoms with Gasteiger partial charge in [-0.15, -0.1) is 0 Å². The highest BCUT2D eigenvalue weighted by atomic mass is 32.2. The van der Waals surface area contributed by atoms with E-state index in [1.807, 2.05) is 49.9 Å². The predicted molar refractivity (Wildman–Crippen MR) is 139 cm³/mol. The summed E-state index contributed by atoms with van der Waals surface area (Å²) in [6.07, 6.45) is 1.77. The minimum Gasteiger partial charge on any atom is -0.444 e. The third kappa shape index (κ3) is 6.12. The van der Waals surface area contributed by atoms with Crippen LogP contribution in [0.5, 0.6) is 0 Å². The molecule has 0 unspecified atom stereocenters. The van der Waals surface area contributed by atoms with Gasteiger partial charge in [-0.25, -0.2) is 13.2 Å². The molecule has 0 aliphatic carbocycles. The number of nitrogens with zero attached hydrogens (tertiary/aromatic N) is 1. The first-order chi connectivity index (χ1) is 16.5. The lowest BCUT2D eigenvalue weighted by molar-refractivity contribution is 0.0184. The molecule has 1 aliphatic heterocycles. The second-order valence-electron chi connectivity index (χ2n) is 10.3. The number of carbonyl (C=O) groups excluding carboxylic acids is 1. The minimum absolute atomic E-state index is 0.0803. The number of piperidine rings is 1. The van der Waals surface area contributed by atoms with Crippen LogP contribution < -0.4 is 0 Å². The highest BCUT2D eigenvalue weighted by Crippen LogP contribution is 2.41. The Morgan fingerprint density at radius 3 is 2.14 bits per heavy atom. The van der Waals surface area contributed by atoms with Crippen molar-refractivity contribution in [1.29, 1.82) is 0 Å². The summed E-state index contributed by atoms with van der Waals surface area (Å²) in [5, 5.41) is 0. The van der Waals surface area contributed by atoms with E-state index >= 15 is 0 Å². The van der Waals surface area contributed by atoms with Gasteiger partial charge in [0, 0.05) is 25.3 Å². The van der Waals surface area contributed by atoms with E-state index in [2.05, 4.69) is 36.4 Å². The van der Waals surface area contributed by atoms with E-state index in [1.54, 1.807) is 18.2 Å². The van der Waals surface area contributed by atoms with Crippen molar-refractivity contribution in [2.24, 2.45) is 0 Å². The van der Waals surface area contributed by atoms with Crippen LogP contribution in [-0.2, 0) is 14.6 Å². The maximum Gasteiger partial charge on any atom is 0.410 e. The lowest BCUT2D eigenvalue weighted by Gasteiger charge is -2.39. The number of benzene rings is 3. The largest absolute Gasteiger partial charge is 0.444 e. The molecule has 1 fully saturated rings. The van der Waals surface area contributed by atoms with Crippen molar-refractivity contribution in [2.75, 3.05) is 19.3 Å². The number of amides is 1. The Balaban J connectivity index is 1.70. The van der Waals surface area contributed by atoms with Crippen LogP contribution in [0, 0.1) is 0 Å². The molecule has 2 atom stereocenters. The molecule has 5 nitrogen and oxygen atoms in total. The molecule has 1 heterocycles. The molecule has 6 heteroatoms. The van der Waals surface area contributed by atoms with E-state index in [-0.39, 0.29) is 17.9 Å². The monoisotopic (exact) mass is 491 g/mol. The average molecular weight is 492 g/mol. The number of likely N-dealkylation sites (tertiary alicyclic amines) is 1. The topological polar surface area (TPSA) is 63.7 Å². The highest BCUT2D eigenvalue weighted by Gasteiger charge is 2.35. The number of hydrogen-bond donors (Lipinski definition) is 0. The molecule has 1 saturated heterocycles. The molecule has 3 aromatic rings. The Morgan fingerprint density at radius 2 is 1.49 bits per heavy atom. The molecule has 0 N–H and O–H groups in total. The van der Waals surface area contributed by atoms with Gasteiger partial charge < -0.3 is 9.64 Å². The number of hydrogen-bond acceptors (Lipinski definition) is 4. The maximum absolute atomic E-state index is 12.9. The molecular formula is C29H33NO4S. The normalized spacial score (nSPS) is 18.8. The van der Waals surface area contributed by atoms with E-state index in [4.69, 9.17) is 4.74 Å². The zero-order chi connectivity index (χ0) is 25.2. The van der Waals surface area contributed by atoms with E-state index in [1.165, 1.54) is 11.8 Å². The number of carbonyl (C=O) groups is 1. The third-order valence-corrected chi connectivity index (χ3v) is 7.51. The molecule has 35 heavy (non-hydrogen) atoms. The Kier molecular flexibility index (Phi) is 7.04. The van der Waals surface area contributed by atoms with Gasteiger partial charge in [0.1, 0.15) is 5.60 Å². The van der Waals surface area contributed by atoms with Crippen LogP contribution in [0.4, 0.5) is 4.79 Å². The standard InChI is InChI=1S/C29H33NO4S/c1-29(2,3)34-28(31)30-17-16-26(21-10-6-5-7-11-21)27(20-30)24-14-8-12-22(18-24)23-13-9-15-25(19-23)35(4,32)33/h5-15,18-19,26-27H,16-17,20H2,1-4H3/t26-,27-/m0/s1. The fraction of sp³-hybridized carbons (Fsp3) is 0.345. The van der Waals surface area contributed by atoms with Gasteiger partial charge >= 0.3 is 6.09 Å². The summed E-state index contributed by atoms with van der Waals surface area (Å²) in [6, 6.07) is 25.7. The summed E-state index contributed by atoms with van der Waals surface area (Å²) < 4.78 is 29.8. The van der Waals surface area contributed by atoms with Crippen molar-refractivity contribution in [1.82, 2.24) is 4.90 Å². The first-order valence-corrected chi connectivity index (χ1v) is 13.8. The van der Waals surface area contributed by atoms with Crippen LogP contribution in [-0.4, -0.2) is 44.4 Å². The SMILES string of the molecule is CC(C)(C)OC(=O)N1CC[C@@H](c2ccccc2)[C@H](c2cccc(-c3cccc(S(C)(=O)=O)c3)c2)C1. The van der Waals surface area contributed by atoms with Crippen LogP contribution in [0.15, 0.2) is 83.8 Å². The molecular weight excluding hydrogens is 458 g/mol. The van der Waals surface area contributed by atoms with Crippen molar-refractivity contribution >= 4 is 15.9 Å². The first-order valence-electron chi connectivity index (χ1n) is 11.9. The lowest BCUT2D eigenvalue weighted by Crippen LogP contribution is -2.44. The second-order valence-corrected chi connectivity index (χ2v) is 12.3. The van der Waals surface area contributed by atoms with Crippen LogP contribution >= 0.6 is 0 Å². The predicted octanol–water partition coefficient (Wildman–Crippen LogP) is 6.27. The Hall–Kier alpha value is -3.12. The van der Waals surface area contributed by atoms with Crippen molar-refractivity contribution in [2.45, 2.75) is 49.5 Å². The summed E-state index contributed by atoms with van der Waals surface area (Å²) in [4.78, 5) is 15.0. The van der Waals surface area contributed by atoms with Crippen molar-refractivity contribution in [3.63, 3.8) is 0 Å². The Morgan fingerprint density at radius 1 is 0.857 bits per heavy atom. The Labute approximate surface area is 208 Å². The lowest BCUT2D eigenvalue weighted by atomic mass is 9.76. The highest BCUT2D eigenvalue weighted by molar-refractivity contribution is 7.90. The average Bonchev–Trinajstić information content (AvgIpc) is 2.83. The second kappa shape index (κ2) is 9.86. The van der Waals surface area contributed by atoms with Crippen molar-refractivity contribution in [3.05, 3.63) is 90.0 Å². The van der Waals surface area contributed by atoms with E-state index in [0.29, 0.717) is 18.0 Å². The zero-order valence-corrected chi connectivity index (χ0v) is 21.6. The molecule has 3 aromatic carbocycles. The van der Waals surface area contributed by atoms with Gasteiger partial charge in [-0.2, -0.15) is 0 Å². The molecule has 1 aliphatic rings. The van der Waals surface area contributed by atoms with Gasteiger partial charge in [0.25, 0.3) is 0 Å². The molecule has 0 aromatic heterocycles. The van der Waals surface area contributed by atoms with Crippen LogP contribution in [0.3, 0.4) is 0 Å². The summed E-state index contributed by atoms with van der Waals surface area (Å²) in [5.41, 5.74) is 3.63. The maximum atomic E-state index is 12.9. The summed E-state index contributed by atoms with van der Waals surface area (Å²) in [7, 11) is -3.30. The molecule has 0 spiro atoms. The van der Waals surface area contributed by atoms with Gasteiger partial charge in [-0.1, -0.05) is 66.7 Å². The smallest absolute Gasteiger partial charge is 0.410 e. The van der Waals surface area contributed by atoms with Gasteiger partial charge in [0.05, 0.1) is 4.90 Å². The molecule has 184 valence electrons. The zero-order valence-electron chi connectivity index (χ0n) is 20.8. The summed E-state index contributed by atoms with van der Waals surface area (Å²) in [6.45, 7) is 6.84. The van der Waals surface area contributed by atoms with E-state index in [9.17, 15) is 13.2 Å². The van der Waals surface area contributed by atoms with Gasteiger partial charge in [0.2, 0.25) is 0 Å². The number of rotatable bonds is 4. The quantitative estimate of drug-likeness (QED) is 0.432. The van der Waals surface area contributed by atoms with Gasteiger partial charge in [-0.3, -0.25) is 0 Å². The van der Waals surface area contributed by atoms with E-state index < -0.39 is 15.4 Å². The van der Waals surface area contributed by atoms with Gasteiger partial charge in [0.15, 0.2) is 9.84 Å². The first kappa shape index (κ1) is 25.0.